The van der Waals surface area contributed by atoms with Gasteiger partial charge in [0.15, 0.2) is 0 Å². The lowest BCUT2D eigenvalue weighted by molar-refractivity contribution is -0.665. The van der Waals surface area contributed by atoms with E-state index in [1.807, 2.05) is 48.7 Å². The average molecular weight is 316 g/mol. The number of hydrogen-bond acceptors (Lipinski definition) is 2. The van der Waals surface area contributed by atoms with Crippen molar-refractivity contribution in [1.29, 1.82) is 0 Å². The molecular weight excluding hydrogens is 300 g/mol. The fraction of sp³-hybridized carbons (Fsp3) is 0.118. The molecule has 1 aromatic heterocycles. The number of thiazole rings is 1. The van der Waals surface area contributed by atoms with E-state index >= 15 is 0 Å². The zero-order chi connectivity index (χ0) is 14.7. The van der Waals surface area contributed by atoms with Crippen LogP contribution in [0.5, 0.6) is 0 Å². The first-order chi connectivity index (χ1) is 10.3. The maximum Gasteiger partial charge on any atom is 0.264 e. The highest BCUT2D eigenvalue weighted by Crippen LogP contribution is 2.24. The Morgan fingerprint density at radius 1 is 1.19 bits per heavy atom. The van der Waals surface area contributed by atoms with Crippen molar-refractivity contribution in [3.8, 4) is 0 Å². The molecule has 106 valence electrons. The predicted octanol–water partition coefficient (Wildman–Crippen LogP) is 4.94. The van der Waals surface area contributed by atoms with Crippen LogP contribution < -0.4 is 9.88 Å². The standard InChI is InChI=1S/C17H15ClN2S/c1-2-20-15-12-13(18)8-9-16(15)21-17(20)10-11-19-14-6-4-3-5-7-14/h3-12H,2H2,1H3/p+1. The predicted molar refractivity (Wildman–Crippen MR) is 91.8 cm³/mol. The van der Waals surface area contributed by atoms with Crippen molar-refractivity contribution in [3.05, 3.63) is 64.8 Å². The fourth-order valence-corrected chi connectivity index (χ4v) is 3.54. The molecule has 0 amide bonds. The number of hydrogen-bond donors (Lipinski definition) is 1. The highest BCUT2D eigenvalue weighted by Gasteiger charge is 2.16. The molecule has 3 aromatic rings. The maximum absolute atomic E-state index is 6.10. The monoisotopic (exact) mass is 315 g/mol. The summed E-state index contributed by atoms with van der Waals surface area (Å²) in [4.78, 5) is 0. The van der Waals surface area contributed by atoms with Gasteiger partial charge in [0.05, 0.1) is 0 Å². The van der Waals surface area contributed by atoms with Gasteiger partial charge < -0.3 is 5.32 Å². The minimum atomic E-state index is 0.778. The van der Waals surface area contributed by atoms with Crippen molar-refractivity contribution in [1.82, 2.24) is 0 Å². The summed E-state index contributed by atoms with van der Waals surface area (Å²) in [6, 6.07) is 16.2. The minimum absolute atomic E-state index is 0.778. The van der Waals surface area contributed by atoms with Gasteiger partial charge in [0, 0.05) is 29.1 Å². The van der Waals surface area contributed by atoms with Gasteiger partial charge in [-0.2, -0.15) is 4.57 Å². The van der Waals surface area contributed by atoms with E-state index in [-0.39, 0.29) is 0 Å². The Labute approximate surface area is 133 Å². The number of aryl methyl sites for hydroxylation is 1. The molecule has 0 aliphatic carbocycles. The van der Waals surface area contributed by atoms with Crippen LogP contribution in [-0.2, 0) is 6.54 Å². The van der Waals surface area contributed by atoms with Crippen molar-refractivity contribution in [3.63, 3.8) is 0 Å². The second kappa shape index (κ2) is 6.29. The molecule has 21 heavy (non-hydrogen) atoms. The third-order valence-corrected chi connectivity index (χ3v) is 4.62. The van der Waals surface area contributed by atoms with Crippen LogP contribution in [0.2, 0.25) is 5.02 Å². The molecule has 0 unspecified atom stereocenters. The van der Waals surface area contributed by atoms with Crippen LogP contribution >= 0.6 is 22.9 Å². The molecule has 0 fully saturated rings. The SMILES string of the molecule is CC[n+]1c(C=CNc2ccccc2)sc2ccc(Cl)cc21. The molecule has 0 bridgehead atoms. The normalized spacial score (nSPS) is 11.3. The second-order valence-electron chi connectivity index (χ2n) is 4.64. The summed E-state index contributed by atoms with van der Waals surface area (Å²) in [5, 5.41) is 5.27. The number of nitrogens with one attached hydrogen (secondary N) is 1. The van der Waals surface area contributed by atoms with Crippen molar-refractivity contribution >= 4 is 44.9 Å². The van der Waals surface area contributed by atoms with Crippen molar-refractivity contribution in [2.24, 2.45) is 0 Å². The zero-order valence-corrected chi connectivity index (χ0v) is 13.3. The first kappa shape index (κ1) is 14.1. The molecule has 3 rings (SSSR count). The van der Waals surface area contributed by atoms with Gasteiger partial charge in [0.1, 0.15) is 11.2 Å². The van der Waals surface area contributed by atoms with Gasteiger partial charge in [0.25, 0.3) is 5.01 Å². The average Bonchev–Trinajstić information content (AvgIpc) is 2.85. The van der Waals surface area contributed by atoms with E-state index in [0.29, 0.717) is 0 Å². The summed E-state index contributed by atoms with van der Waals surface area (Å²) in [6.07, 6.45) is 4.09. The van der Waals surface area contributed by atoms with E-state index in [9.17, 15) is 0 Å². The Balaban J connectivity index is 1.89. The van der Waals surface area contributed by atoms with Gasteiger partial charge in [-0.25, -0.2) is 0 Å². The Morgan fingerprint density at radius 2 is 2.00 bits per heavy atom. The van der Waals surface area contributed by atoms with Crippen LogP contribution in [0.25, 0.3) is 16.3 Å². The first-order valence-corrected chi connectivity index (χ1v) is 8.07. The van der Waals surface area contributed by atoms with Crippen molar-refractivity contribution in [2.45, 2.75) is 13.5 Å². The Bertz CT molecular complexity index is 778. The van der Waals surface area contributed by atoms with E-state index < -0.39 is 0 Å². The van der Waals surface area contributed by atoms with Crippen LogP contribution in [0.1, 0.15) is 11.9 Å². The number of nitrogens with zero attached hydrogens (tertiary/aromatic N) is 1. The van der Waals surface area contributed by atoms with Crippen molar-refractivity contribution in [2.75, 3.05) is 5.32 Å². The van der Waals surface area contributed by atoms with E-state index in [2.05, 4.69) is 29.0 Å². The highest BCUT2D eigenvalue weighted by molar-refractivity contribution is 7.18. The van der Waals surface area contributed by atoms with Crippen LogP contribution in [0.3, 0.4) is 0 Å². The van der Waals surface area contributed by atoms with Gasteiger partial charge >= 0.3 is 0 Å². The molecule has 2 nitrogen and oxygen atoms in total. The van der Waals surface area contributed by atoms with Crippen LogP contribution in [0, 0.1) is 0 Å². The van der Waals surface area contributed by atoms with Crippen LogP contribution in [0.4, 0.5) is 5.69 Å². The fourth-order valence-electron chi connectivity index (χ4n) is 2.27. The lowest BCUT2D eigenvalue weighted by atomic mass is 10.3. The third kappa shape index (κ3) is 3.09. The van der Waals surface area contributed by atoms with Gasteiger partial charge in [-0.3, -0.25) is 0 Å². The summed E-state index contributed by atoms with van der Waals surface area (Å²) in [5.41, 5.74) is 2.27. The zero-order valence-electron chi connectivity index (χ0n) is 11.7. The highest BCUT2D eigenvalue weighted by atomic mass is 35.5. The number of fused-ring (bicyclic) bond motifs is 1. The Hall–Kier alpha value is -1.84. The molecule has 0 aliphatic heterocycles. The topological polar surface area (TPSA) is 15.9 Å². The molecular formula is C17H16ClN2S+. The number of halogens is 1. The van der Waals surface area contributed by atoms with Crippen molar-refractivity contribution < 1.29 is 4.57 Å². The summed E-state index contributed by atoms with van der Waals surface area (Å²) < 4.78 is 3.52. The number of benzene rings is 2. The van der Waals surface area contributed by atoms with E-state index in [4.69, 9.17) is 11.6 Å². The molecule has 0 saturated carbocycles. The van der Waals surface area contributed by atoms with Gasteiger partial charge in [-0.15, -0.1) is 0 Å². The largest absolute Gasteiger partial charge is 0.361 e. The lowest BCUT2D eigenvalue weighted by Gasteiger charge is -1.97. The quantitative estimate of drug-likeness (QED) is 0.674. The molecule has 0 saturated heterocycles. The molecule has 2 aromatic carbocycles. The molecule has 0 spiro atoms. The molecule has 0 radical (unpaired) electrons. The van der Waals surface area contributed by atoms with Gasteiger partial charge in [0.2, 0.25) is 5.52 Å². The lowest BCUT2D eigenvalue weighted by Crippen LogP contribution is -2.33. The Morgan fingerprint density at radius 3 is 2.76 bits per heavy atom. The molecule has 1 N–H and O–H groups in total. The molecule has 1 heterocycles. The first-order valence-electron chi connectivity index (χ1n) is 6.88. The van der Waals surface area contributed by atoms with Crippen LogP contribution in [0.15, 0.2) is 54.7 Å². The third-order valence-electron chi connectivity index (χ3n) is 3.26. The number of aromatic nitrogens is 1. The summed E-state index contributed by atoms with van der Waals surface area (Å²) in [7, 11) is 0. The van der Waals surface area contributed by atoms with E-state index in [1.54, 1.807) is 11.3 Å². The second-order valence-corrected chi connectivity index (χ2v) is 6.14. The Kier molecular flexibility index (Phi) is 4.23. The molecule has 0 aliphatic rings. The van der Waals surface area contributed by atoms with E-state index in [1.165, 1.54) is 15.2 Å². The van der Waals surface area contributed by atoms with Gasteiger partial charge in [-0.1, -0.05) is 41.1 Å². The number of anilines is 1. The summed E-state index contributed by atoms with van der Waals surface area (Å²) in [6.45, 7) is 3.07. The maximum atomic E-state index is 6.10. The molecule has 0 atom stereocenters. The van der Waals surface area contributed by atoms with Gasteiger partial charge in [-0.05, 0) is 31.2 Å². The van der Waals surface area contributed by atoms with E-state index in [0.717, 1.165) is 17.3 Å². The number of rotatable bonds is 4. The minimum Gasteiger partial charge on any atom is -0.361 e. The summed E-state index contributed by atoms with van der Waals surface area (Å²) in [5.74, 6) is 0. The van der Waals surface area contributed by atoms with Crippen LogP contribution in [-0.4, -0.2) is 0 Å². The summed E-state index contributed by atoms with van der Waals surface area (Å²) >= 11 is 7.87. The molecule has 4 heteroatoms. The smallest absolute Gasteiger partial charge is 0.264 e. The number of para-hydroxylation sites is 1.